The third kappa shape index (κ3) is 2.16. The van der Waals surface area contributed by atoms with Crippen molar-refractivity contribution < 1.29 is 17.6 Å². The fourth-order valence-corrected chi connectivity index (χ4v) is 1.57. The zero-order valence-corrected chi connectivity index (χ0v) is 8.54. The summed E-state index contributed by atoms with van der Waals surface area (Å²) in [6.07, 6.45) is -4.58. The second-order valence-electron chi connectivity index (χ2n) is 3.51. The maximum Gasteiger partial charge on any atom is 0.417 e. The lowest BCUT2D eigenvalue weighted by atomic mass is 10.1. The van der Waals surface area contributed by atoms with E-state index in [-0.39, 0.29) is 17.5 Å². The van der Waals surface area contributed by atoms with Crippen LogP contribution in [-0.2, 0) is 12.7 Å². The van der Waals surface area contributed by atoms with Crippen molar-refractivity contribution in [2.45, 2.75) is 12.7 Å². The molecule has 3 nitrogen and oxygen atoms in total. The normalized spacial score (nSPS) is 12.0. The number of benzene rings is 1. The molecular formula is C11H8F3NO2. The van der Waals surface area contributed by atoms with Gasteiger partial charge in [0.1, 0.15) is 5.58 Å². The topological polar surface area (TPSA) is 56.2 Å². The Labute approximate surface area is 93.6 Å². The molecule has 0 aliphatic carbocycles. The minimum atomic E-state index is -4.58. The SMILES string of the molecule is NCc1ccc2c(C(F)(F)F)cc(=O)oc2c1. The van der Waals surface area contributed by atoms with E-state index in [1.165, 1.54) is 18.2 Å². The van der Waals surface area contributed by atoms with Gasteiger partial charge in [-0.25, -0.2) is 4.79 Å². The molecule has 0 saturated carbocycles. The average Bonchev–Trinajstić information content (AvgIpc) is 2.25. The maximum atomic E-state index is 12.7. The Morgan fingerprint density at radius 3 is 2.53 bits per heavy atom. The molecule has 0 fully saturated rings. The van der Waals surface area contributed by atoms with Gasteiger partial charge in [0.25, 0.3) is 0 Å². The van der Waals surface area contributed by atoms with Gasteiger partial charge in [-0.2, -0.15) is 13.2 Å². The van der Waals surface area contributed by atoms with Crippen molar-refractivity contribution >= 4 is 11.0 Å². The van der Waals surface area contributed by atoms with Crippen LogP contribution in [0.3, 0.4) is 0 Å². The molecule has 0 aliphatic heterocycles. The van der Waals surface area contributed by atoms with Crippen molar-refractivity contribution in [1.29, 1.82) is 0 Å². The van der Waals surface area contributed by atoms with E-state index in [4.69, 9.17) is 10.2 Å². The molecule has 1 aromatic heterocycles. The quantitative estimate of drug-likeness (QED) is 0.781. The highest BCUT2D eigenvalue weighted by molar-refractivity contribution is 5.81. The Bertz CT molecular complexity index is 616. The van der Waals surface area contributed by atoms with Gasteiger partial charge in [0, 0.05) is 18.0 Å². The lowest BCUT2D eigenvalue weighted by Crippen LogP contribution is -2.11. The van der Waals surface area contributed by atoms with Gasteiger partial charge in [0.2, 0.25) is 0 Å². The van der Waals surface area contributed by atoms with Crippen molar-refractivity contribution in [3.8, 4) is 0 Å². The Morgan fingerprint density at radius 1 is 1.24 bits per heavy atom. The fourth-order valence-electron chi connectivity index (χ4n) is 1.57. The molecule has 2 N–H and O–H groups in total. The minimum Gasteiger partial charge on any atom is -0.423 e. The first-order valence-corrected chi connectivity index (χ1v) is 4.76. The second-order valence-corrected chi connectivity index (χ2v) is 3.51. The summed E-state index contributed by atoms with van der Waals surface area (Å²) >= 11 is 0. The van der Waals surface area contributed by atoms with Gasteiger partial charge in [-0.3, -0.25) is 0 Å². The first-order valence-electron chi connectivity index (χ1n) is 4.76. The summed E-state index contributed by atoms with van der Waals surface area (Å²) in [5.41, 5.74) is 3.83. The third-order valence-electron chi connectivity index (χ3n) is 2.35. The summed E-state index contributed by atoms with van der Waals surface area (Å²) in [4.78, 5) is 11.1. The van der Waals surface area contributed by atoms with Crippen LogP contribution in [0, 0.1) is 0 Å². The molecule has 90 valence electrons. The number of fused-ring (bicyclic) bond motifs is 1. The average molecular weight is 243 g/mol. The Balaban J connectivity index is 2.82. The summed E-state index contributed by atoms with van der Waals surface area (Å²) in [6, 6.07) is 4.51. The van der Waals surface area contributed by atoms with E-state index >= 15 is 0 Å². The van der Waals surface area contributed by atoms with E-state index in [0.29, 0.717) is 11.6 Å². The van der Waals surface area contributed by atoms with Gasteiger partial charge in [-0.1, -0.05) is 12.1 Å². The lowest BCUT2D eigenvalue weighted by Gasteiger charge is -2.09. The molecule has 17 heavy (non-hydrogen) atoms. The molecule has 0 aliphatic rings. The molecule has 6 heteroatoms. The number of hydrogen-bond donors (Lipinski definition) is 1. The van der Waals surface area contributed by atoms with E-state index < -0.39 is 17.4 Å². The van der Waals surface area contributed by atoms with E-state index in [1.807, 2.05) is 0 Å². The molecule has 2 rings (SSSR count). The van der Waals surface area contributed by atoms with Crippen LogP contribution in [0.25, 0.3) is 11.0 Å². The van der Waals surface area contributed by atoms with Crippen molar-refractivity contribution in [2.24, 2.45) is 5.73 Å². The summed E-state index contributed by atoms with van der Waals surface area (Å²) in [6.45, 7) is 0.163. The summed E-state index contributed by atoms with van der Waals surface area (Å²) < 4.78 is 42.8. The second kappa shape index (κ2) is 3.89. The summed E-state index contributed by atoms with van der Waals surface area (Å²) in [5.74, 6) is 0. The summed E-state index contributed by atoms with van der Waals surface area (Å²) in [5, 5.41) is -0.144. The van der Waals surface area contributed by atoms with Crippen molar-refractivity contribution in [2.75, 3.05) is 0 Å². The molecule has 1 aromatic carbocycles. The third-order valence-corrected chi connectivity index (χ3v) is 2.35. The fraction of sp³-hybridized carbons (Fsp3) is 0.182. The van der Waals surface area contributed by atoms with Crippen molar-refractivity contribution in [3.05, 3.63) is 45.8 Å². The van der Waals surface area contributed by atoms with Crippen LogP contribution in [-0.4, -0.2) is 0 Å². The zero-order chi connectivity index (χ0) is 12.6. The Hall–Kier alpha value is -1.82. The van der Waals surface area contributed by atoms with Crippen molar-refractivity contribution in [1.82, 2.24) is 0 Å². The number of rotatable bonds is 1. The first kappa shape index (κ1) is 11.7. The number of alkyl halides is 3. The van der Waals surface area contributed by atoms with Crippen LogP contribution in [0.5, 0.6) is 0 Å². The first-order chi connectivity index (χ1) is 7.91. The van der Waals surface area contributed by atoms with Gasteiger partial charge in [0.15, 0.2) is 0 Å². The highest BCUT2D eigenvalue weighted by Crippen LogP contribution is 2.33. The number of halogens is 3. The monoisotopic (exact) mass is 243 g/mol. The van der Waals surface area contributed by atoms with Gasteiger partial charge in [-0.15, -0.1) is 0 Å². The van der Waals surface area contributed by atoms with Gasteiger partial charge in [-0.05, 0) is 11.6 Å². The molecule has 2 aromatic rings. The van der Waals surface area contributed by atoms with Gasteiger partial charge in [0.05, 0.1) is 5.56 Å². The van der Waals surface area contributed by atoms with Gasteiger partial charge < -0.3 is 10.2 Å². The maximum absolute atomic E-state index is 12.7. The molecular weight excluding hydrogens is 235 g/mol. The Morgan fingerprint density at radius 2 is 1.94 bits per heavy atom. The molecule has 1 heterocycles. The lowest BCUT2D eigenvalue weighted by molar-refractivity contribution is -0.136. The highest BCUT2D eigenvalue weighted by Gasteiger charge is 2.33. The molecule has 0 unspecified atom stereocenters. The molecule has 0 atom stereocenters. The minimum absolute atomic E-state index is 0.104. The predicted molar refractivity (Wildman–Crippen MR) is 55.4 cm³/mol. The largest absolute Gasteiger partial charge is 0.423 e. The molecule has 0 amide bonds. The van der Waals surface area contributed by atoms with Crippen LogP contribution in [0.15, 0.2) is 33.5 Å². The van der Waals surface area contributed by atoms with E-state index in [2.05, 4.69) is 0 Å². The number of hydrogen-bond acceptors (Lipinski definition) is 3. The standard InChI is InChI=1S/C11H8F3NO2/c12-11(13,14)8-4-10(16)17-9-3-6(5-15)1-2-7(8)9/h1-4H,5,15H2. The highest BCUT2D eigenvalue weighted by atomic mass is 19.4. The van der Waals surface area contributed by atoms with Crippen LogP contribution >= 0.6 is 0 Å². The zero-order valence-electron chi connectivity index (χ0n) is 8.54. The smallest absolute Gasteiger partial charge is 0.417 e. The molecule has 0 saturated heterocycles. The van der Waals surface area contributed by atoms with Crippen LogP contribution < -0.4 is 11.4 Å². The van der Waals surface area contributed by atoms with Crippen LogP contribution in [0.1, 0.15) is 11.1 Å². The van der Waals surface area contributed by atoms with E-state index in [9.17, 15) is 18.0 Å². The van der Waals surface area contributed by atoms with Crippen LogP contribution in [0.2, 0.25) is 0 Å². The molecule has 0 spiro atoms. The van der Waals surface area contributed by atoms with E-state index in [1.54, 1.807) is 0 Å². The van der Waals surface area contributed by atoms with Gasteiger partial charge >= 0.3 is 11.8 Å². The predicted octanol–water partition coefficient (Wildman–Crippen LogP) is 2.27. The van der Waals surface area contributed by atoms with E-state index in [0.717, 1.165) is 0 Å². The van der Waals surface area contributed by atoms with Crippen LogP contribution in [0.4, 0.5) is 13.2 Å². The summed E-state index contributed by atoms with van der Waals surface area (Å²) in [7, 11) is 0. The van der Waals surface area contributed by atoms with Crippen molar-refractivity contribution in [3.63, 3.8) is 0 Å². The Kier molecular flexibility index (Phi) is 2.66. The molecule has 0 bridgehead atoms. The number of nitrogens with two attached hydrogens (primary N) is 1. The molecule has 0 radical (unpaired) electrons.